The summed E-state index contributed by atoms with van der Waals surface area (Å²) in [7, 11) is 2.01. The topological polar surface area (TPSA) is 31.0 Å². The van der Waals surface area contributed by atoms with Crippen LogP contribution in [0.1, 0.15) is 36.5 Å². The molecular weight excluding hydrogens is 456 g/mol. The summed E-state index contributed by atoms with van der Waals surface area (Å²) in [5.41, 5.74) is 3.90. The lowest BCUT2D eigenvalue weighted by Gasteiger charge is -2.34. The molecule has 2 heterocycles. The fourth-order valence-corrected chi connectivity index (χ4v) is 4.93. The molecule has 194 valence electrons. The first-order valence-corrected chi connectivity index (χ1v) is 13.7. The zero-order valence-corrected chi connectivity index (χ0v) is 22.8. The van der Waals surface area contributed by atoms with Crippen molar-refractivity contribution in [3.05, 3.63) is 64.2 Å². The molecule has 0 bridgehead atoms. The molecule has 0 spiro atoms. The highest BCUT2D eigenvalue weighted by Crippen LogP contribution is 2.21. The maximum Gasteiger partial charge on any atom is 0.122 e. The van der Waals surface area contributed by atoms with E-state index in [0.29, 0.717) is 0 Å². The van der Waals surface area contributed by atoms with E-state index in [1.807, 2.05) is 19.2 Å². The van der Waals surface area contributed by atoms with Gasteiger partial charge in [0.2, 0.25) is 0 Å². The van der Waals surface area contributed by atoms with Crippen LogP contribution in [0.25, 0.3) is 0 Å². The van der Waals surface area contributed by atoms with Crippen LogP contribution in [-0.4, -0.2) is 87.3 Å². The quantitative estimate of drug-likeness (QED) is 0.510. The molecular formula is C29H45ClN4O. The summed E-state index contributed by atoms with van der Waals surface area (Å²) in [4.78, 5) is 7.51. The van der Waals surface area contributed by atoms with Gasteiger partial charge in [0.05, 0.1) is 0 Å². The molecule has 0 atom stereocenters. The van der Waals surface area contributed by atoms with Crippen LogP contribution in [0.4, 0.5) is 0 Å². The van der Waals surface area contributed by atoms with Crippen LogP contribution in [0.5, 0.6) is 5.75 Å². The molecule has 35 heavy (non-hydrogen) atoms. The fourth-order valence-electron chi connectivity index (χ4n) is 4.71. The van der Waals surface area contributed by atoms with E-state index in [0.717, 1.165) is 63.1 Å². The summed E-state index contributed by atoms with van der Waals surface area (Å²) in [5, 5.41) is 4.04. The lowest BCUT2D eigenvalue weighted by Crippen LogP contribution is -2.47. The van der Waals surface area contributed by atoms with E-state index in [9.17, 15) is 0 Å². The van der Waals surface area contributed by atoms with Crippen molar-refractivity contribution in [2.24, 2.45) is 0 Å². The molecule has 5 nitrogen and oxygen atoms in total. The third-order valence-electron chi connectivity index (χ3n) is 6.91. The van der Waals surface area contributed by atoms with E-state index >= 15 is 0 Å². The highest BCUT2D eigenvalue weighted by molar-refractivity contribution is 6.30. The summed E-state index contributed by atoms with van der Waals surface area (Å²) in [6.07, 6.45) is 3.74. The SMILES string of the molecule is CCc1ccc(C)cc1OCCN1CCCC1.CNCCN1CCN(Cc2cccc(Cl)c2)CC1. The van der Waals surface area contributed by atoms with Gasteiger partial charge < -0.3 is 10.1 Å². The largest absolute Gasteiger partial charge is 0.492 e. The van der Waals surface area contributed by atoms with E-state index in [2.05, 4.69) is 64.2 Å². The molecule has 2 aliphatic rings. The number of likely N-dealkylation sites (N-methyl/N-ethyl adjacent to an activating group) is 1. The predicted octanol–water partition coefficient (Wildman–Crippen LogP) is 4.71. The molecule has 0 amide bonds. The summed E-state index contributed by atoms with van der Waals surface area (Å²) in [6.45, 7) is 16.6. The number of benzene rings is 2. The Bertz CT molecular complexity index is 864. The molecule has 1 N–H and O–H groups in total. The van der Waals surface area contributed by atoms with Gasteiger partial charge >= 0.3 is 0 Å². The molecule has 0 radical (unpaired) electrons. The van der Waals surface area contributed by atoms with Crippen LogP contribution < -0.4 is 10.1 Å². The molecule has 0 aliphatic carbocycles. The van der Waals surface area contributed by atoms with Gasteiger partial charge in [0.25, 0.3) is 0 Å². The van der Waals surface area contributed by atoms with Gasteiger partial charge in [-0.15, -0.1) is 0 Å². The Morgan fingerprint density at radius 2 is 1.60 bits per heavy atom. The zero-order chi connectivity index (χ0) is 24.9. The maximum absolute atomic E-state index is 6.01. The Morgan fingerprint density at radius 1 is 0.886 bits per heavy atom. The summed E-state index contributed by atoms with van der Waals surface area (Å²) in [6, 6.07) is 14.7. The number of likely N-dealkylation sites (tertiary alicyclic amines) is 1. The van der Waals surface area contributed by atoms with E-state index in [1.165, 1.54) is 55.7 Å². The zero-order valence-electron chi connectivity index (χ0n) is 22.1. The summed E-state index contributed by atoms with van der Waals surface area (Å²) < 4.78 is 5.93. The highest BCUT2D eigenvalue weighted by Gasteiger charge is 2.16. The van der Waals surface area contributed by atoms with Crippen LogP contribution in [-0.2, 0) is 13.0 Å². The van der Waals surface area contributed by atoms with Gasteiger partial charge in [-0.25, -0.2) is 0 Å². The van der Waals surface area contributed by atoms with E-state index in [-0.39, 0.29) is 0 Å². The Labute approximate surface area is 218 Å². The average Bonchev–Trinajstić information content (AvgIpc) is 3.38. The van der Waals surface area contributed by atoms with Crippen LogP contribution >= 0.6 is 11.6 Å². The van der Waals surface area contributed by atoms with Crippen molar-refractivity contribution in [3.63, 3.8) is 0 Å². The second kappa shape index (κ2) is 15.5. The van der Waals surface area contributed by atoms with Gasteiger partial charge in [-0.1, -0.05) is 42.8 Å². The molecule has 4 rings (SSSR count). The molecule has 2 aromatic rings. The number of piperazine rings is 1. The van der Waals surface area contributed by atoms with Crippen molar-refractivity contribution in [1.82, 2.24) is 20.0 Å². The summed E-state index contributed by atoms with van der Waals surface area (Å²) >= 11 is 6.01. The van der Waals surface area contributed by atoms with Gasteiger partial charge in [-0.3, -0.25) is 14.7 Å². The van der Waals surface area contributed by atoms with Gasteiger partial charge in [0.15, 0.2) is 0 Å². The number of halogens is 1. The number of ether oxygens (including phenoxy) is 1. The van der Waals surface area contributed by atoms with Crippen molar-refractivity contribution >= 4 is 11.6 Å². The lowest BCUT2D eigenvalue weighted by molar-refractivity contribution is 0.128. The second-order valence-corrected chi connectivity index (χ2v) is 10.1. The van der Waals surface area contributed by atoms with Crippen molar-refractivity contribution in [3.8, 4) is 5.75 Å². The van der Waals surface area contributed by atoms with Crippen molar-refractivity contribution < 1.29 is 4.74 Å². The smallest absolute Gasteiger partial charge is 0.122 e. The molecule has 2 saturated heterocycles. The van der Waals surface area contributed by atoms with Gasteiger partial charge in [-0.2, -0.15) is 0 Å². The monoisotopic (exact) mass is 500 g/mol. The first-order valence-electron chi connectivity index (χ1n) is 13.4. The van der Waals surface area contributed by atoms with Crippen molar-refractivity contribution in [2.75, 3.05) is 72.6 Å². The standard InChI is InChI=1S/C15H23NO.C14H22ClN3/c1-3-14-7-6-13(2)12-15(14)17-11-10-16-8-4-5-9-16;1-16-5-6-17-7-9-18(10-8-17)12-13-3-2-4-14(15)11-13/h6-7,12H,3-5,8-11H2,1-2H3;2-4,11,16H,5-10,12H2,1H3. The van der Waals surface area contributed by atoms with Crippen molar-refractivity contribution in [2.45, 2.75) is 39.7 Å². The summed E-state index contributed by atoms with van der Waals surface area (Å²) in [5.74, 6) is 1.08. The lowest BCUT2D eigenvalue weighted by atomic mass is 10.1. The van der Waals surface area contributed by atoms with Gasteiger partial charge in [0, 0.05) is 57.4 Å². The molecule has 2 aliphatic heterocycles. The second-order valence-electron chi connectivity index (χ2n) is 9.71. The van der Waals surface area contributed by atoms with E-state index in [4.69, 9.17) is 16.3 Å². The minimum atomic E-state index is 0.816. The first kappa shape index (κ1) is 27.9. The number of rotatable bonds is 10. The maximum atomic E-state index is 6.01. The Hall–Kier alpha value is -1.63. The molecule has 2 fully saturated rings. The minimum Gasteiger partial charge on any atom is -0.492 e. The third kappa shape index (κ3) is 10.1. The minimum absolute atomic E-state index is 0.816. The van der Waals surface area contributed by atoms with Crippen LogP contribution in [0, 0.1) is 6.92 Å². The van der Waals surface area contributed by atoms with E-state index < -0.39 is 0 Å². The number of aryl methyl sites for hydroxylation is 2. The van der Waals surface area contributed by atoms with Crippen molar-refractivity contribution in [1.29, 1.82) is 0 Å². The van der Waals surface area contributed by atoms with Gasteiger partial charge in [-0.05, 0) is 81.2 Å². The molecule has 0 aromatic heterocycles. The van der Waals surface area contributed by atoms with E-state index in [1.54, 1.807) is 0 Å². The fraction of sp³-hybridized carbons (Fsp3) is 0.586. The highest BCUT2D eigenvalue weighted by atomic mass is 35.5. The number of hydrogen-bond donors (Lipinski definition) is 1. The first-order chi connectivity index (χ1) is 17.1. The number of hydrogen-bond acceptors (Lipinski definition) is 5. The van der Waals surface area contributed by atoms with Crippen LogP contribution in [0.15, 0.2) is 42.5 Å². The van der Waals surface area contributed by atoms with Gasteiger partial charge in [0.1, 0.15) is 12.4 Å². The molecule has 0 saturated carbocycles. The number of nitrogens with one attached hydrogen (secondary N) is 1. The predicted molar refractivity (Wildman–Crippen MR) is 149 cm³/mol. The molecule has 0 unspecified atom stereocenters. The van der Waals surface area contributed by atoms with Crippen LogP contribution in [0.2, 0.25) is 5.02 Å². The Morgan fingerprint density at radius 3 is 2.29 bits per heavy atom. The molecule has 6 heteroatoms. The normalized spacial score (nSPS) is 17.3. The Kier molecular flexibility index (Phi) is 12.4. The molecule has 2 aromatic carbocycles. The average molecular weight is 501 g/mol. The number of nitrogens with zero attached hydrogens (tertiary/aromatic N) is 3. The third-order valence-corrected chi connectivity index (χ3v) is 7.14. The Balaban J connectivity index is 0.000000196. The van der Waals surface area contributed by atoms with Crippen LogP contribution in [0.3, 0.4) is 0 Å².